The van der Waals surface area contributed by atoms with E-state index in [4.69, 9.17) is 4.74 Å². The van der Waals surface area contributed by atoms with Gasteiger partial charge in [-0.15, -0.1) is 0 Å². The molecule has 3 unspecified atom stereocenters. The first-order chi connectivity index (χ1) is 7.24. The lowest BCUT2D eigenvalue weighted by Crippen LogP contribution is -2.33. The average molecular weight is 207 g/mol. The van der Waals surface area contributed by atoms with Crippen molar-refractivity contribution in [1.82, 2.24) is 0 Å². The molecule has 0 saturated carbocycles. The summed E-state index contributed by atoms with van der Waals surface area (Å²) in [6.07, 6.45) is 7.35. The SMILES string of the molecule is CCC(CC)CC1(C#N)CC2CCC1O2. The van der Waals surface area contributed by atoms with Gasteiger partial charge in [-0.1, -0.05) is 26.7 Å². The van der Waals surface area contributed by atoms with Gasteiger partial charge in [0, 0.05) is 0 Å². The van der Waals surface area contributed by atoms with Gasteiger partial charge in [-0.3, -0.25) is 0 Å². The third kappa shape index (κ3) is 1.78. The van der Waals surface area contributed by atoms with Crippen molar-refractivity contribution >= 4 is 0 Å². The Labute approximate surface area is 92.6 Å². The molecule has 0 aliphatic carbocycles. The van der Waals surface area contributed by atoms with E-state index >= 15 is 0 Å². The van der Waals surface area contributed by atoms with Crippen molar-refractivity contribution in [2.45, 2.75) is 64.6 Å². The Balaban J connectivity index is 2.07. The molecule has 2 rings (SSSR count). The van der Waals surface area contributed by atoms with Gasteiger partial charge in [-0.2, -0.15) is 5.26 Å². The smallest absolute Gasteiger partial charge is 0.0862 e. The number of ether oxygens (including phenoxy) is 1. The van der Waals surface area contributed by atoms with E-state index < -0.39 is 0 Å². The van der Waals surface area contributed by atoms with Crippen LogP contribution in [-0.4, -0.2) is 12.2 Å². The van der Waals surface area contributed by atoms with Crippen molar-refractivity contribution in [1.29, 1.82) is 5.26 Å². The number of rotatable bonds is 4. The molecule has 2 nitrogen and oxygen atoms in total. The van der Waals surface area contributed by atoms with Gasteiger partial charge >= 0.3 is 0 Å². The second kappa shape index (κ2) is 4.14. The molecular weight excluding hydrogens is 186 g/mol. The third-order valence-electron chi connectivity index (χ3n) is 4.35. The van der Waals surface area contributed by atoms with E-state index in [1.807, 2.05) is 0 Å². The Bertz CT molecular complexity index is 266. The van der Waals surface area contributed by atoms with Crippen LogP contribution < -0.4 is 0 Å². The van der Waals surface area contributed by atoms with Crippen LogP contribution in [0, 0.1) is 22.7 Å². The van der Waals surface area contributed by atoms with Crippen LogP contribution >= 0.6 is 0 Å². The summed E-state index contributed by atoms with van der Waals surface area (Å²) in [4.78, 5) is 0. The predicted octanol–water partition coefficient (Wildman–Crippen LogP) is 3.27. The fraction of sp³-hybridized carbons (Fsp3) is 0.923. The molecule has 0 aromatic heterocycles. The van der Waals surface area contributed by atoms with E-state index in [2.05, 4.69) is 19.9 Å². The maximum Gasteiger partial charge on any atom is 0.0862 e. The normalized spacial score (nSPS) is 38.5. The van der Waals surface area contributed by atoms with Crippen molar-refractivity contribution in [2.75, 3.05) is 0 Å². The third-order valence-corrected chi connectivity index (χ3v) is 4.35. The van der Waals surface area contributed by atoms with Crippen LogP contribution in [0.4, 0.5) is 0 Å². The highest BCUT2D eigenvalue weighted by Crippen LogP contribution is 2.51. The number of hydrogen-bond donors (Lipinski definition) is 0. The molecule has 2 fully saturated rings. The monoisotopic (exact) mass is 207 g/mol. The topological polar surface area (TPSA) is 33.0 Å². The second-order valence-electron chi connectivity index (χ2n) is 5.18. The molecule has 0 spiro atoms. The fourth-order valence-electron chi connectivity index (χ4n) is 3.27. The zero-order chi connectivity index (χ0) is 10.9. The highest BCUT2D eigenvalue weighted by atomic mass is 16.5. The molecule has 2 aliphatic heterocycles. The molecule has 0 aromatic carbocycles. The van der Waals surface area contributed by atoms with Crippen molar-refractivity contribution in [2.24, 2.45) is 11.3 Å². The second-order valence-corrected chi connectivity index (χ2v) is 5.18. The molecular formula is C13H21NO. The maximum absolute atomic E-state index is 9.45. The zero-order valence-electron chi connectivity index (χ0n) is 9.83. The molecule has 0 amide bonds. The Morgan fingerprint density at radius 3 is 2.53 bits per heavy atom. The summed E-state index contributed by atoms with van der Waals surface area (Å²) in [6, 6.07) is 2.58. The number of nitrogens with zero attached hydrogens (tertiary/aromatic N) is 1. The predicted molar refractivity (Wildman–Crippen MR) is 59.2 cm³/mol. The Morgan fingerprint density at radius 1 is 1.40 bits per heavy atom. The van der Waals surface area contributed by atoms with E-state index in [0.29, 0.717) is 12.0 Å². The van der Waals surface area contributed by atoms with Crippen molar-refractivity contribution < 1.29 is 4.74 Å². The molecule has 2 saturated heterocycles. The van der Waals surface area contributed by atoms with Crippen molar-refractivity contribution in [3.8, 4) is 6.07 Å². The maximum atomic E-state index is 9.45. The minimum absolute atomic E-state index is 0.139. The summed E-state index contributed by atoms with van der Waals surface area (Å²) in [5.41, 5.74) is -0.139. The van der Waals surface area contributed by atoms with Crippen LogP contribution in [0.15, 0.2) is 0 Å². The fourth-order valence-corrected chi connectivity index (χ4v) is 3.27. The number of nitriles is 1. The Kier molecular flexibility index (Phi) is 3.02. The van der Waals surface area contributed by atoms with Crippen molar-refractivity contribution in [3.63, 3.8) is 0 Å². The van der Waals surface area contributed by atoms with Gasteiger partial charge in [-0.25, -0.2) is 0 Å². The van der Waals surface area contributed by atoms with E-state index in [-0.39, 0.29) is 11.5 Å². The highest BCUT2D eigenvalue weighted by molar-refractivity contribution is 5.12. The van der Waals surface area contributed by atoms with Crippen LogP contribution in [-0.2, 0) is 4.74 Å². The highest BCUT2D eigenvalue weighted by Gasteiger charge is 2.53. The largest absolute Gasteiger partial charge is 0.373 e. The van der Waals surface area contributed by atoms with E-state index in [1.54, 1.807) is 0 Å². The molecule has 2 heterocycles. The molecule has 0 radical (unpaired) electrons. The van der Waals surface area contributed by atoms with Gasteiger partial charge in [0.15, 0.2) is 0 Å². The van der Waals surface area contributed by atoms with Crippen LogP contribution in [0.25, 0.3) is 0 Å². The number of hydrogen-bond acceptors (Lipinski definition) is 2. The molecule has 2 aliphatic rings. The molecule has 84 valence electrons. The zero-order valence-corrected chi connectivity index (χ0v) is 9.83. The lowest BCUT2D eigenvalue weighted by molar-refractivity contribution is 0.0702. The lowest BCUT2D eigenvalue weighted by Gasteiger charge is -2.31. The van der Waals surface area contributed by atoms with Gasteiger partial charge in [0.2, 0.25) is 0 Å². The standard InChI is InChI=1S/C13H21NO/c1-3-10(4-2)7-13(9-14)8-11-5-6-12(13)15-11/h10-12H,3-8H2,1-2H3. The summed E-state index contributed by atoms with van der Waals surface area (Å²) in [7, 11) is 0. The van der Waals surface area contributed by atoms with Gasteiger partial charge in [0.25, 0.3) is 0 Å². The Hall–Kier alpha value is -0.550. The van der Waals surface area contributed by atoms with E-state index in [0.717, 1.165) is 19.3 Å². The lowest BCUT2D eigenvalue weighted by atomic mass is 9.69. The summed E-state index contributed by atoms with van der Waals surface area (Å²) in [5, 5.41) is 9.45. The van der Waals surface area contributed by atoms with Crippen LogP contribution in [0.2, 0.25) is 0 Å². The van der Waals surface area contributed by atoms with Gasteiger partial charge in [-0.05, 0) is 31.6 Å². The quantitative estimate of drug-likeness (QED) is 0.708. The number of fused-ring (bicyclic) bond motifs is 2. The minimum atomic E-state index is -0.139. The molecule has 2 bridgehead atoms. The molecule has 0 aromatic rings. The summed E-state index contributed by atoms with van der Waals surface area (Å²) in [5.74, 6) is 0.701. The summed E-state index contributed by atoms with van der Waals surface area (Å²) < 4.78 is 5.85. The molecule has 3 atom stereocenters. The first-order valence-corrected chi connectivity index (χ1v) is 6.30. The van der Waals surface area contributed by atoms with Crippen molar-refractivity contribution in [3.05, 3.63) is 0 Å². The first-order valence-electron chi connectivity index (χ1n) is 6.30. The Morgan fingerprint density at radius 2 is 2.13 bits per heavy atom. The van der Waals surface area contributed by atoms with E-state index in [9.17, 15) is 5.26 Å². The summed E-state index contributed by atoms with van der Waals surface area (Å²) in [6.45, 7) is 4.46. The molecule has 2 heteroatoms. The van der Waals surface area contributed by atoms with Gasteiger partial charge < -0.3 is 4.74 Å². The molecule has 0 N–H and O–H groups in total. The van der Waals surface area contributed by atoms with Gasteiger partial charge in [0.1, 0.15) is 0 Å². The summed E-state index contributed by atoms with van der Waals surface area (Å²) >= 11 is 0. The molecule has 15 heavy (non-hydrogen) atoms. The van der Waals surface area contributed by atoms with Crippen LogP contribution in [0.1, 0.15) is 52.4 Å². The van der Waals surface area contributed by atoms with Gasteiger partial charge in [0.05, 0.1) is 23.7 Å². The minimum Gasteiger partial charge on any atom is -0.373 e. The average Bonchev–Trinajstić information content (AvgIpc) is 2.86. The van der Waals surface area contributed by atoms with Crippen LogP contribution in [0.5, 0.6) is 0 Å². The first kappa shape index (κ1) is 11.0. The van der Waals surface area contributed by atoms with E-state index in [1.165, 1.54) is 19.3 Å². The van der Waals surface area contributed by atoms with Crippen LogP contribution in [0.3, 0.4) is 0 Å².